The number of phenols is 2. The molecule has 0 fully saturated rings. The molecule has 1 aliphatic heterocycles. The fraction of sp³-hybridized carbons (Fsp3) is 0.0303. The summed E-state index contributed by atoms with van der Waals surface area (Å²) in [4.78, 5) is 0. The molecule has 6 aromatic carbocycles. The van der Waals surface area contributed by atoms with Gasteiger partial charge in [0.05, 0.1) is 5.41 Å². The van der Waals surface area contributed by atoms with Crippen LogP contribution in [-0.4, -0.2) is 10.2 Å². The summed E-state index contributed by atoms with van der Waals surface area (Å²) in [6.45, 7) is 0. The highest BCUT2D eigenvalue weighted by Crippen LogP contribution is 2.58. The van der Waals surface area contributed by atoms with Gasteiger partial charge in [0.2, 0.25) is 0 Å². The first-order chi connectivity index (χ1) is 17.7. The van der Waals surface area contributed by atoms with Crippen molar-refractivity contribution in [2.75, 3.05) is 0 Å². The second-order valence-electron chi connectivity index (χ2n) is 9.28. The summed E-state index contributed by atoms with van der Waals surface area (Å²) in [5.41, 5.74) is 3.73. The average molecular weight is 467 g/mol. The zero-order chi connectivity index (χ0) is 24.3. The Hall–Kier alpha value is -4.76. The Kier molecular flexibility index (Phi) is 4.36. The molecule has 0 saturated heterocycles. The molecule has 0 atom stereocenters. The lowest BCUT2D eigenvalue weighted by atomic mass is 9.63. The van der Waals surface area contributed by atoms with Gasteiger partial charge in [0.25, 0.3) is 0 Å². The van der Waals surface area contributed by atoms with Gasteiger partial charge in [-0.25, -0.2) is 0 Å². The third-order valence-electron chi connectivity index (χ3n) is 7.33. The van der Waals surface area contributed by atoms with E-state index in [2.05, 4.69) is 72.8 Å². The van der Waals surface area contributed by atoms with Gasteiger partial charge in [-0.2, -0.15) is 0 Å². The minimum Gasteiger partial charge on any atom is -0.508 e. The van der Waals surface area contributed by atoms with Crippen LogP contribution in [0.4, 0.5) is 0 Å². The van der Waals surface area contributed by atoms with E-state index in [4.69, 9.17) is 4.74 Å². The predicted octanol–water partition coefficient (Wildman–Crippen LogP) is 7.89. The molecule has 6 aromatic rings. The summed E-state index contributed by atoms with van der Waals surface area (Å²) in [5.74, 6) is 1.98. The second kappa shape index (κ2) is 7.62. The van der Waals surface area contributed by atoms with Crippen molar-refractivity contribution in [1.82, 2.24) is 0 Å². The van der Waals surface area contributed by atoms with Crippen LogP contribution in [0.1, 0.15) is 22.3 Å². The number of hydrogen-bond acceptors (Lipinski definition) is 3. The molecule has 172 valence electrons. The van der Waals surface area contributed by atoms with Crippen molar-refractivity contribution < 1.29 is 14.9 Å². The van der Waals surface area contributed by atoms with Crippen LogP contribution in [0.25, 0.3) is 21.5 Å². The van der Waals surface area contributed by atoms with E-state index in [-0.39, 0.29) is 11.5 Å². The fourth-order valence-corrected chi connectivity index (χ4v) is 5.80. The Bertz CT molecular complexity index is 1640. The minimum absolute atomic E-state index is 0.219. The summed E-state index contributed by atoms with van der Waals surface area (Å²) in [6, 6.07) is 40.2. The number of rotatable bonds is 2. The van der Waals surface area contributed by atoms with Crippen molar-refractivity contribution in [3.8, 4) is 23.0 Å². The van der Waals surface area contributed by atoms with Gasteiger partial charge >= 0.3 is 0 Å². The molecule has 2 N–H and O–H groups in total. The van der Waals surface area contributed by atoms with Crippen LogP contribution in [-0.2, 0) is 5.41 Å². The maximum atomic E-state index is 10.2. The van der Waals surface area contributed by atoms with E-state index in [1.165, 1.54) is 0 Å². The van der Waals surface area contributed by atoms with E-state index in [1.807, 2.05) is 24.3 Å². The van der Waals surface area contributed by atoms with Gasteiger partial charge in [-0.05, 0) is 58.3 Å². The molecule has 0 amide bonds. The van der Waals surface area contributed by atoms with Crippen LogP contribution in [0, 0.1) is 0 Å². The highest BCUT2D eigenvalue weighted by atomic mass is 16.5. The van der Waals surface area contributed by atoms with Gasteiger partial charge in [-0.3, -0.25) is 0 Å². The number of benzene rings is 6. The summed E-state index contributed by atoms with van der Waals surface area (Å²) in [5, 5.41) is 24.0. The van der Waals surface area contributed by atoms with Crippen LogP contribution >= 0.6 is 0 Å². The third-order valence-corrected chi connectivity index (χ3v) is 7.33. The second-order valence-corrected chi connectivity index (χ2v) is 9.28. The molecular weight excluding hydrogens is 444 g/mol. The topological polar surface area (TPSA) is 49.7 Å². The van der Waals surface area contributed by atoms with Gasteiger partial charge in [-0.15, -0.1) is 0 Å². The molecule has 0 aromatic heterocycles. The van der Waals surface area contributed by atoms with Gasteiger partial charge in [-0.1, -0.05) is 84.9 Å². The Morgan fingerprint density at radius 2 is 0.917 bits per heavy atom. The van der Waals surface area contributed by atoms with Crippen molar-refractivity contribution in [2.45, 2.75) is 5.41 Å². The monoisotopic (exact) mass is 466 g/mol. The predicted molar refractivity (Wildman–Crippen MR) is 143 cm³/mol. The SMILES string of the molecule is Oc1ccc2c3c(ccc2c1)C(c1ccccc1)(c1ccccc1)c1ccc2cc(O)ccc2c1O3. The Morgan fingerprint density at radius 1 is 0.472 bits per heavy atom. The standard InChI is InChI=1S/C33H22O3/c34-25-13-15-27-21(19-25)11-17-29-31(27)36-32-28-16-14-26(35)20-22(28)12-18-30(32)33(29,23-7-3-1-4-8-23)24-9-5-2-6-10-24/h1-20,34-35H. The maximum absolute atomic E-state index is 10.2. The highest BCUT2D eigenvalue weighted by Gasteiger charge is 2.46. The molecule has 0 aliphatic carbocycles. The zero-order valence-electron chi connectivity index (χ0n) is 19.3. The largest absolute Gasteiger partial charge is 0.508 e. The lowest BCUT2D eigenvalue weighted by Gasteiger charge is -2.42. The minimum atomic E-state index is -0.635. The molecule has 3 nitrogen and oxygen atoms in total. The van der Waals surface area contributed by atoms with Crippen LogP contribution in [0.5, 0.6) is 23.0 Å². The van der Waals surface area contributed by atoms with E-state index in [0.717, 1.165) is 55.3 Å². The summed E-state index contributed by atoms with van der Waals surface area (Å²) in [7, 11) is 0. The summed E-state index contributed by atoms with van der Waals surface area (Å²) in [6.07, 6.45) is 0. The number of hydrogen-bond donors (Lipinski definition) is 2. The van der Waals surface area contributed by atoms with Crippen LogP contribution < -0.4 is 4.74 Å². The van der Waals surface area contributed by atoms with Crippen molar-refractivity contribution in [1.29, 1.82) is 0 Å². The first kappa shape index (κ1) is 20.6. The molecule has 1 aliphatic rings. The van der Waals surface area contributed by atoms with Crippen LogP contribution in [0.3, 0.4) is 0 Å². The van der Waals surface area contributed by atoms with Gasteiger partial charge in [0.15, 0.2) is 0 Å². The average Bonchev–Trinajstić information content (AvgIpc) is 2.92. The van der Waals surface area contributed by atoms with Crippen LogP contribution in [0.2, 0.25) is 0 Å². The Labute approximate surface area is 208 Å². The van der Waals surface area contributed by atoms with E-state index < -0.39 is 5.41 Å². The van der Waals surface area contributed by atoms with Crippen LogP contribution in [0.15, 0.2) is 121 Å². The third kappa shape index (κ3) is 2.80. The molecule has 0 bridgehead atoms. The quantitative estimate of drug-likeness (QED) is 0.272. The first-order valence-electron chi connectivity index (χ1n) is 12.0. The summed E-state index contributed by atoms with van der Waals surface area (Å²) < 4.78 is 6.82. The first-order valence-corrected chi connectivity index (χ1v) is 12.0. The van der Waals surface area contributed by atoms with E-state index in [0.29, 0.717) is 0 Å². The molecule has 0 spiro atoms. The zero-order valence-corrected chi connectivity index (χ0v) is 19.3. The Balaban J connectivity index is 1.70. The van der Waals surface area contributed by atoms with Gasteiger partial charge in [0, 0.05) is 21.9 Å². The number of ether oxygens (including phenoxy) is 1. The number of aromatic hydroxyl groups is 2. The molecule has 3 heteroatoms. The molecule has 7 rings (SSSR count). The molecule has 0 unspecified atom stereocenters. The lowest BCUT2D eigenvalue weighted by molar-refractivity contribution is 0.445. The smallest absolute Gasteiger partial charge is 0.140 e. The van der Waals surface area contributed by atoms with Gasteiger partial charge in [0.1, 0.15) is 23.0 Å². The molecular formula is C33H22O3. The molecule has 0 saturated carbocycles. The number of fused-ring (bicyclic) bond motifs is 6. The Morgan fingerprint density at radius 3 is 1.36 bits per heavy atom. The maximum Gasteiger partial charge on any atom is 0.140 e. The molecule has 36 heavy (non-hydrogen) atoms. The van der Waals surface area contributed by atoms with E-state index in [1.54, 1.807) is 24.3 Å². The van der Waals surface area contributed by atoms with Crippen molar-refractivity contribution in [2.24, 2.45) is 0 Å². The highest BCUT2D eigenvalue weighted by molar-refractivity contribution is 5.97. The van der Waals surface area contributed by atoms with Crippen molar-refractivity contribution >= 4 is 21.5 Å². The molecule has 1 heterocycles. The fourth-order valence-electron chi connectivity index (χ4n) is 5.80. The summed E-state index contributed by atoms with van der Waals surface area (Å²) >= 11 is 0. The van der Waals surface area contributed by atoms with Crippen molar-refractivity contribution in [3.63, 3.8) is 0 Å². The van der Waals surface area contributed by atoms with E-state index >= 15 is 0 Å². The normalized spacial score (nSPS) is 13.7. The van der Waals surface area contributed by atoms with Gasteiger partial charge < -0.3 is 14.9 Å². The molecule has 0 radical (unpaired) electrons. The lowest BCUT2D eigenvalue weighted by Crippen LogP contribution is -2.34. The van der Waals surface area contributed by atoms with E-state index in [9.17, 15) is 10.2 Å². The number of phenolic OH excluding ortho intramolecular Hbond substituents is 2. The van der Waals surface area contributed by atoms with Crippen molar-refractivity contribution in [3.05, 3.63) is 144 Å².